The molecule has 150 valence electrons. The van der Waals surface area contributed by atoms with Gasteiger partial charge in [0.15, 0.2) is 0 Å². The first-order valence-electron chi connectivity index (χ1n) is 9.45. The van der Waals surface area contributed by atoms with E-state index < -0.39 is 0 Å². The van der Waals surface area contributed by atoms with E-state index in [4.69, 9.17) is 0 Å². The Balaban J connectivity index is 1.47. The average molecular weight is 387 g/mol. The van der Waals surface area contributed by atoms with E-state index in [0.29, 0.717) is 25.2 Å². The lowest BCUT2D eigenvalue weighted by molar-refractivity contribution is -0.122. The minimum absolute atomic E-state index is 0.0180. The smallest absolute Gasteiger partial charge is 0.221 e. The van der Waals surface area contributed by atoms with Crippen molar-refractivity contribution in [3.63, 3.8) is 0 Å². The fraction of sp³-hybridized carbons (Fsp3) is 0.450. The maximum Gasteiger partial charge on any atom is 0.221 e. The molecule has 1 aromatic heterocycles. The number of hydrogen-bond acceptors (Lipinski definition) is 4. The molecular formula is C20H26FN5O2. The summed E-state index contributed by atoms with van der Waals surface area (Å²) >= 11 is 0. The first-order valence-corrected chi connectivity index (χ1v) is 9.45. The number of hydrogen-bond donors (Lipinski definition) is 2. The van der Waals surface area contributed by atoms with Crippen molar-refractivity contribution in [1.82, 2.24) is 25.3 Å². The number of likely N-dealkylation sites (tertiary alicyclic amines) is 1. The number of carbonyl (C=O) groups excluding carboxylic acids is 2. The molecule has 8 heteroatoms. The Morgan fingerprint density at radius 1 is 1.25 bits per heavy atom. The standard InChI is InChI=1S/C20H26FN5O2/c1-14(27)22-12-19-7-6-17(25(19)2)9-20(28)23-10-15-11-24-26(13-15)18-5-3-4-16(21)8-18/h3-5,8,11,13,17,19H,6-7,9-10,12H2,1-2H3,(H,22,27)(H,23,28)/t17-,19+/m0/s1. The van der Waals surface area contributed by atoms with Gasteiger partial charge in [0.25, 0.3) is 0 Å². The topological polar surface area (TPSA) is 79.3 Å². The van der Waals surface area contributed by atoms with Crippen LogP contribution >= 0.6 is 0 Å². The Bertz CT molecular complexity index is 838. The third kappa shape index (κ3) is 5.16. The summed E-state index contributed by atoms with van der Waals surface area (Å²) in [6.45, 7) is 2.50. The molecule has 2 aromatic rings. The Hall–Kier alpha value is -2.74. The van der Waals surface area contributed by atoms with Crippen molar-refractivity contribution in [1.29, 1.82) is 0 Å². The zero-order chi connectivity index (χ0) is 20.1. The second kappa shape index (κ2) is 8.97. The maximum atomic E-state index is 13.3. The first kappa shape index (κ1) is 20.0. The van der Waals surface area contributed by atoms with Gasteiger partial charge < -0.3 is 10.6 Å². The summed E-state index contributed by atoms with van der Waals surface area (Å²) < 4.78 is 14.9. The van der Waals surface area contributed by atoms with E-state index in [1.807, 2.05) is 7.05 Å². The van der Waals surface area contributed by atoms with Crippen LogP contribution in [0, 0.1) is 5.82 Å². The van der Waals surface area contributed by atoms with Crippen LogP contribution in [0.25, 0.3) is 5.69 Å². The Morgan fingerprint density at radius 2 is 2.04 bits per heavy atom. The summed E-state index contributed by atoms with van der Waals surface area (Å²) in [6, 6.07) is 6.63. The van der Waals surface area contributed by atoms with Crippen LogP contribution in [-0.4, -0.2) is 52.2 Å². The molecule has 1 fully saturated rings. The Morgan fingerprint density at radius 3 is 2.79 bits per heavy atom. The van der Waals surface area contributed by atoms with Crippen LogP contribution in [0.5, 0.6) is 0 Å². The van der Waals surface area contributed by atoms with Crippen molar-refractivity contribution in [2.24, 2.45) is 0 Å². The third-order valence-electron chi connectivity index (χ3n) is 5.19. The molecule has 0 radical (unpaired) electrons. The number of nitrogens with one attached hydrogen (secondary N) is 2. The number of carbonyl (C=O) groups is 2. The molecule has 28 heavy (non-hydrogen) atoms. The molecule has 1 saturated heterocycles. The van der Waals surface area contributed by atoms with Crippen LogP contribution in [0.3, 0.4) is 0 Å². The van der Waals surface area contributed by atoms with E-state index in [1.54, 1.807) is 29.2 Å². The Kier molecular flexibility index (Phi) is 6.41. The van der Waals surface area contributed by atoms with Gasteiger partial charge in [-0.2, -0.15) is 5.10 Å². The number of rotatable bonds is 7. The molecule has 2 heterocycles. The second-order valence-corrected chi connectivity index (χ2v) is 7.24. The zero-order valence-electron chi connectivity index (χ0n) is 16.2. The fourth-order valence-corrected chi connectivity index (χ4v) is 3.54. The summed E-state index contributed by atoms with van der Waals surface area (Å²) in [5.41, 5.74) is 1.48. The molecule has 0 saturated carbocycles. The van der Waals surface area contributed by atoms with Crippen molar-refractivity contribution in [2.75, 3.05) is 13.6 Å². The lowest BCUT2D eigenvalue weighted by atomic mass is 10.1. The second-order valence-electron chi connectivity index (χ2n) is 7.24. The normalized spacial score (nSPS) is 19.5. The maximum absolute atomic E-state index is 13.3. The Labute approximate surface area is 163 Å². The van der Waals surface area contributed by atoms with E-state index in [0.717, 1.165) is 18.4 Å². The van der Waals surface area contributed by atoms with Crippen molar-refractivity contribution >= 4 is 11.8 Å². The highest BCUT2D eigenvalue weighted by Crippen LogP contribution is 2.24. The number of nitrogens with zero attached hydrogens (tertiary/aromatic N) is 3. The van der Waals surface area contributed by atoms with E-state index in [9.17, 15) is 14.0 Å². The van der Waals surface area contributed by atoms with Gasteiger partial charge in [-0.25, -0.2) is 9.07 Å². The van der Waals surface area contributed by atoms with Crippen LogP contribution in [0.1, 0.15) is 31.7 Å². The lowest BCUT2D eigenvalue weighted by Crippen LogP contribution is -2.41. The molecule has 0 unspecified atom stereocenters. The van der Waals surface area contributed by atoms with Gasteiger partial charge in [0.05, 0.1) is 11.9 Å². The minimum atomic E-state index is -0.319. The van der Waals surface area contributed by atoms with Crippen LogP contribution in [-0.2, 0) is 16.1 Å². The van der Waals surface area contributed by atoms with E-state index in [-0.39, 0.29) is 29.7 Å². The number of aromatic nitrogens is 2. The molecule has 1 aromatic carbocycles. The molecule has 2 amide bonds. The van der Waals surface area contributed by atoms with Gasteiger partial charge in [-0.3, -0.25) is 14.5 Å². The van der Waals surface area contributed by atoms with Crippen LogP contribution in [0.2, 0.25) is 0 Å². The highest BCUT2D eigenvalue weighted by molar-refractivity contribution is 5.76. The molecule has 1 aliphatic rings. The molecule has 3 rings (SSSR count). The summed E-state index contributed by atoms with van der Waals surface area (Å²) in [6.07, 6.45) is 5.77. The van der Waals surface area contributed by atoms with Gasteiger partial charge in [-0.1, -0.05) is 6.07 Å². The SMILES string of the molecule is CC(=O)NC[C@H]1CC[C@@H](CC(=O)NCc2cnn(-c3cccc(F)c3)c2)N1C. The van der Waals surface area contributed by atoms with Crippen LogP contribution < -0.4 is 10.6 Å². The van der Waals surface area contributed by atoms with Crippen LogP contribution in [0.15, 0.2) is 36.7 Å². The molecule has 0 aliphatic carbocycles. The summed E-state index contributed by atoms with van der Waals surface area (Å²) in [7, 11) is 2.00. The van der Waals surface area contributed by atoms with Crippen molar-refractivity contribution in [2.45, 2.75) is 44.8 Å². The van der Waals surface area contributed by atoms with Crippen molar-refractivity contribution < 1.29 is 14.0 Å². The summed E-state index contributed by atoms with van der Waals surface area (Å²) in [5, 5.41) is 9.99. The number of halogens is 1. The molecule has 2 atom stereocenters. The van der Waals surface area contributed by atoms with Gasteiger partial charge >= 0.3 is 0 Å². The van der Waals surface area contributed by atoms with Gasteiger partial charge in [-0.15, -0.1) is 0 Å². The molecule has 0 spiro atoms. The minimum Gasteiger partial charge on any atom is -0.355 e. The van der Waals surface area contributed by atoms with Crippen molar-refractivity contribution in [3.05, 3.63) is 48.0 Å². The number of benzene rings is 1. The highest BCUT2D eigenvalue weighted by Gasteiger charge is 2.31. The molecule has 1 aliphatic heterocycles. The van der Waals surface area contributed by atoms with E-state index in [1.165, 1.54) is 19.1 Å². The molecule has 0 bridgehead atoms. The summed E-state index contributed by atoms with van der Waals surface area (Å²) in [5.74, 6) is -0.371. The molecular weight excluding hydrogens is 361 g/mol. The van der Waals surface area contributed by atoms with Gasteiger partial charge in [-0.05, 0) is 38.1 Å². The number of likely N-dealkylation sites (N-methyl/N-ethyl adjacent to an activating group) is 1. The van der Waals surface area contributed by atoms with Crippen molar-refractivity contribution in [3.8, 4) is 5.69 Å². The van der Waals surface area contributed by atoms with Crippen LogP contribution in [0.4, 0.5) is 4.39 Å². The van der Waals surface area contributed by atoms with Gasteiger partial charge in [0.2, 0.25) is 11.8 Å². The molecule has 2 N–H and O–H groups in total. The lowest BCUT2D eigenvalue weighted by Gasteiger charge is -2.25. The van der Waals surface area contributed by atoms with Gasteiger partial charge in [0, 0.05) is 50.3 Å². The first-order chi connectivity index (χ1) is 13.4. The summed E-state index contributed by atoms with van der Waals surface area (Å²) in [4.78, 5) is 25.6. The molecule has 7 nitrogen and oxygen atoms in total. The van der Waals surface area contributed by atoms with E-state index >= 15 is 0 Å². The third-order valence-corrected chi connectivity index (χ3v) is 5.19. The predicted octanol–water partition coefficient (Wildman–Crippen LogP) is 1.62. The van der Waals surface area contributed by atoms with E-state index in [2.05, 4.69) is 20.6 Å². The predicted molar refractivity (Wildman–Crippen MR) is 103 cm³/mol. The average Bonchev–Trinajstić information content (AvgIpc) is 3.26. The quantitative estimate of drug-likeness (QED) is 0.757. The zero-order valence-corrected chi connectivity index (χ0v) is 16.2. The number of amides is 2. The van der Waals surface area contributed by atoms with Gasteiger partial charge in [0.1, 0.15) is 5.82 Å². The monoisotopic (exact) mass is 387 g/mol. The highest BCUT2D eigenvalue weighted by atomic mass is 19.1. The largest absolute Gasteiger partial charge is 0.355 e. The fourth-order valence-electron chi connectivity index (χ4n) is 3.54.